The molecule has 2 aromatic heterocycles. The van der Waals surface area contributed by atoms with Gasteiger partial charge in [-0.2, -0.15) is 0 Å². The number of thiazole rings is 1. The monoisotopic (exact) mass is 475 g/mol. The zero-order valence-electron chi connectivity index (χ0n) is 16.8. The van der Waals surface area contributed by atoms with Crippen LogP contribution in [0.2, 0.25) is 5.02 Å². The van der Waals surface area contributed by atoms with Crippen LogP contribution in [0.4, 0.5) is 9.52 Å². The van der Waals surface area contributed by atoms with Crippen molar-refractivity contribution >= 4 is 50.2 Å². The quantitative estimate of drug-likeness (QED) is 0.397. The minimum Gasteiger partial charge on any atom is -0.497 e. The van der Waals surface area contributed by atoms with Crippen LogP contribution in [0.3, 0.4) is 0 Å². The van der Waals surface area contributed by atoms with Gasteiger partial charge in [0.2, 0.25) is 0 Å². The molecule has 0 aliphatic heterocycles. The zero-order chi connectivity index (χ0) is 22.8. The standard InChI is InChI=1S/C21H15ClFN3O5S/c1-10-17(19(26-31-10)18-12(22)4-3-5-13(18)23)20(28)30-9-16(27)25-21-24-14-7-6-11(29-2)8-15(14)32-21/h3-8H,9H2,1-2H3,(H,24,25,27). The van der Waals surface area contributed by atoms with Crippen LogP contribution in [-0.4, -0.2) is 35.7 Å². The fraction of sp³-hybridized carbons (Fsp3) is 0.143. The second-order valence-corrected chi connectivity index (χ2v) is 7.97. The van der Waals surface area contributed by atoms with E-state index in [9.17, 15) is 14.0 Å². The van der Waals surface area contributed by atoms with Crippen LogP contribution in [0.1, 0.15) is 16.1 Å². The van der Waals surface area contributed by atoms with Gasteiger partial charge in [0, 0.05) is 0 Å². The summed E-state index contributed by atoms with van der Waals surface area (Å²) in [4.78, 5) is 29.2. The van der Waals surface area contributed by atoms with Gasteiger partial charge in [0.25, 0.3) is 5.91 Å². The molecule has 0 fully saturated rings. The van der Waals surface area contributed by atoms with E-state index < -0.39 is 24.3 Å². The first kappa shape index (κ1) is 21.7. The van der Waals surface area contributed by atoms with E-state index in [2.05, 4.69) is 15.5 Å². The molecule has 2 aromatic carbocycles. The fourth-order valence-electron chi connectivity index (χ4n) is 2.95. The number of rotatable bonds is 6. The van der Waals surface area contributed by atoms with Gasteiger partial charge in [0.1, 0.15) is 28.6 Å². The molecule has 0 bridgehead atoms. The first-order chi connectivity index (χ1) is 15.4. The maximum absolute atomic E-state index is 14.3. The van der Waals surface area contributed by atoms with Crippen molar-refractivity contribution in [2.75, 3.05) is 19.0 Å². The number of carbonyl (C=O) groups excluding carboxylic acids is 2. The molecule has 8 nitrogen and oxygen atoms in total. The van der Waals surface area contributed by atoms with Crippen molar-refractivity contribution in [3.8, 4) is 17.0 Å². The molecule has 11 heteroatoms. The maximum Gasteiger partial charge on any atom is 0.344 e. The van der Waals surface area contributed by atoms with Crippen LogP contribution in [0.15, 0.2) is 40.9 Å². The number of fused-ring (bicyclic) bond motifs is 1. The van der Waals surface area contributed by atoms with E-state index in [-0.39, 0.29) is 27.6 Å². The normalized spacial score (nSPS) is 10.9. The van der Waals surface area contributed by atoms with E-state index in [0.717, 1.165) is 4.70 Å². The van der Waals surface area contributed by atoms with Crippen molar-refractivity contribution < 1.29 is 28.0 Å². The Balaban J connectivity index is 1.46. The van der Waals surface area contributed by atoms with Gasteiger partial charge in [-0.25, -0.2) is 14.2 Å². The molecule has 0 radical (unpaired) electrons. The van der Waals surface area contributed by atoms with Gasteiger partial charge in [-0.3, -0.25) is 10.1 Å². The molecule has 4 rings (SSSR count). The number of hydrogen-bond donors (Lipinski definition) is 1. The number of amides is 1. The Bertz CT molecular complexity index is 1320. The molecule has 0 atom stereocenters. The summed E-state index contributed by atoms with van der Waals surface area (Å²) in [6.07, 6.45) is 0. The molecular weight excluding hydrogens is 461 g/mol. The molecule has 164 valence electrons. The number of methoxy groups -OCH3 is 1. The van der Waals surface area contributed by atoms with Gasteiger partial charge in [0.15, 0.2) is 11.7 Å². The Morgan fingerprint density at radius 3 is 2.84 bits per heavy atom. The highest BCUT2D eigenvalue weighted by molar-refractivity contribution is 7.22. The lowest BCUT2D eigenvalue weighted by molar-refractivity contribution is -0.119. The Kier molecular flexibility index (Phi) is 6.06. The second-order valence-electron chi connectivity index (χ2n) is 6.54. The maximum atomic E-state index is 14.3. The third kappa shape index (κ3) is 4.27. The summed E-state index contributed by atoms with van der Waals surface area (Å²) in [7, 11) is 1.56. The van der Waals surface area contributed by atoms with Crippen LogP contribution in [-0.2, 0) is 9.53 Å². The SMILES string of the molecule is COc1ccc2nc(NC(=O)COC(=O)c3c(-c4c(F)cccc4Cl)noc3C)sc2c1. The van der Waals surface area contributed by atoms with E-state index in [1.165, 1.54) is 36.5 Å². The number of nitrogens with zero attached hydrogens (tertiary/aromatic N) is 2. The van der Waals surface area contributed by atoms with Crippen molar-refractivity contribution in [2.24, 2.45) is 0 Å². The number of aryl methyl sites for hydroxylation is 1. The minimum absolute atomic E-state index is 0.0533. The van der Waals surface area contributed by atoms with Gasteiger partial charge < -0.3 is 14.0 Å². The zero-order valence-corrected chi connectivity index (χ0v) is 18.3. The average Bonchev–Trinajstić information content (AvgIpc) is 3.34. The lowest BCUT2D eigenvalue weighted by atomic mass is 10.1. The number of carbonyl (C=O) groups is 2. The number of ether oxygens (including phenoxy) is 2. The molecule has 0 saturated heterocycles. The lowest BCUT2D eigenvalue weighted by Crippen LogP contribution is -2.21. The van der Waals surface area contributed by atoms with Crippen molar-refractivity contribution in [1.82, 2.24) is 10.1 Å². The van der Waals surface area contributed by atoms with Crippen molar-refractivity contribution in [1.29, 1.82) is 0 Å². The lowest BCUT2D eigenvalue weighted by Gasteiger charge is -2.07. The predicted octanol–water partition coefficient (Wildman–Crippen LogP) is 4.86. The van der Waals surface area contributed by atoms with E-state index in [4.69, 9.17) is 25.6 Å². The Labute approximate surface area is 189 Å². The van der Waals surface area contributed by atoms with Gasteiger partial charge in [-0.05, 0) is 37.3 Å². The first-order valence-electron chi connectivity index (χ1n) is 9.19. The van der Waals surface area contributed by atoms with E-state index in [1.54, 1.807) is 25.3 Å². The molecule has 0 saturated carbocycles. The largest absolute Gasteiger partial charge is 0.497 e. The number of halogens is 2. The topological polar surface area (TPSA) is 104 Å². The van der Waals surface area contributed by atoms with Crippen molar-refractivity contribution in [2.45, 2.75) is 6.92 Å². The highest BCUT2D eigenvalue weighted by Gasteiger charge is 2.27. The smallest absolute Gasteiger partial charge is 0.344 e. The van der Waals surface area contributed by atoms with Crippen LogP contribution >= 0.6 is 22.9 Å². The number of anilines is 1. The number of esters is 1. The molecular formula is C21H15ClFN3O5S. The fourth-order valence-corrected chi connectivity index (χ4v) is 4.11. The number of aromatic nitrogens is 2. The molecule has 1 amide bonds. The van der Waals surface area contributed by atoms with Crippen LogP contribution in [0.25, 0.3) is 21.5 Å². The van der Waals surface area contributed by atoms with Crippen LogP contribution < -0.4 is 10.1 Å². The summed E-state index contributed by atoms with van der Waals surface area (Å²) in [5.74, 6) is -1.40. The summed E-state index contributed by atoms with van der Waals surface area (Å²) in [6.45, 7) is 0.879. The van der Waals surface area contributed by atoms with Crippen LogP contribution in [0, 0.1) is 12.7 Å². The second kappa shape index (κ2) is 8.93. The highest BCUT2D eigenvalue weighted by Crippen LogP contribution is 2.34. The summed E-state index contributed by atoms with van der Waals surface area (Å²) < 4.78 is 30.4. The Morgan fingerprint density at radius 2 is 2.09 bits per heavy atom. The Morgan fingerprint density at radius 1 is 1.28 bits per heavy atom. The minimum atomic E-state index is -0.901. The molecule has 0 aliphatic rings. The van der Waals surface area contributed by atoms with Gasteiger partial charge in [-0.1, -0.05) is 34.2 Å². The highest BCUT2D eigenvalue weighted by atomic mass is 35.5. The van der Waals surface area contributed by atoms with E-state index >= 15 is 0 Å². The Hall–Kier alpha value is -3.50. The van der Waals surface area contributed by atoms with Gasteiger partial charge >= 0.3 is 5.97 Å². The molecule has 4 aromatic rings. The molecule has 32 heavy (non-hydrogen) atoms. The summed E-state index contributed by atoms with van der Waals surface area (Å²) in [5, 5.41) is 6.72. The van der Waals surface area contributed by atoms with E-state index in [1.807, 2.05) is 0 Å². The average molecular weight is 476 g/mol. The molecule has 0 unspecified atom stereocenters. The van der Waals surface area contributed by atoms with Crippen molar-refractivity contribution in [3.05, 3.63) is 58.6 Å². The van der Waals surface area contributed by atoms with Gasteiger partial charge in [-0.15, -0.1) is 0 Å². The van der Waals surface area contributed by atoms with Gasteiger partial charge in [0.05, 0.1) is 27.9 Å². The van der Waals surface area contributed by atoms with E-state index in [0.29, 0.717) is 16.4 Å². The number of hydrogen-bond acceptors (Lipinski definition) is 8. The summed E-state index contributed by atoms with van der Waals surface area (Å²) in [5.41, 5.74) is 0.384. The molecule has 0 aliphatic carbocycles. The summed E-state index contributed by atoms with van der Waals surface area (Å²) >= 11 is 7.32. The molecule has 1 N–H and O–H groups in total. The molecule has 0 spiro atoms. The number of benzene rings is 2. The molecule has 2 heterocycles. The third-order valence-electron chi connectivity index (χ3n) is 4.44. The third-order valence-corrected chi connectivity index (χ3v) is 5.69. The predicted molar refractivity (Wildman–Crippen MR) is 117 cm³/mol. The summed E-state index contributed by atoms with van der Waals surface area (Å²) in [6, 6.07) is 9.39. The number of nitrogens with one attached hydrogen (secondary N) is 1. The van der Waals surface area contributed by atoms with Crippen molar-refractivity contribution in [3.63, 3.8) is 0 Å². The van der Waals surface area contributed by atoms with Crippen LogP contribution in [0.5, 0.6) is 5.75 Å². The first-order valence-corrected chi connectivity index (χ1v) is 10.4.